The maximum Gasteiger partial charge on any atom is 0.0210 e. The first kappa shape index (κ1) is 9.94. The number of aryl methyl sites for hydroxylation is 1. The first-order valence-corrected chi connectivity index (χ1v) is 5.65. The SMILES string of the molecule is Cc1ccc(C=C2CC(N)C2)cc1Br. The molecule has 0 heterocycles. The van der Waals surface area contributed by atoms with E-state index in [1.807, 2.05) is 0 Å². The Morgan fingerprint density at radius 3 is 2.71 bits per heavy atom. The number of halogens is 1. The smallest absolute Gasteiger partial charge is 0.0210 e. The van der Waals surface area contributed by atoms with Crippen LogP contribution in [-0.4, -0.2) is 6.04 Å². The summed E-state index contributed by atoms with van der Waals surface area (Å²) in [6.07, 6.45) is 4.37. The van der Waals surface area contributed by atoms with Crippen LogP contribution in [-0.2, 0) is 0 Å². The molecule has 74 valence electrons. The zero-order chi connectivity index (χ0) is 10.1. The lowest BCUT2D eigenvalue weighted by atomic mass is 9.86. The fraction of sp³-hybridized carbons (Fsp3) is 0.333. The summed E-state index contributed by atoms with van der Waals surface area (Å²) in [5, 5.41) is 0. The van der Waals surface area contributed by atoms with Crippen molar-refractivity contribution in [2.24, 2.45) is 5.73 Å². The van der Waals surface area contributed by atoms with Gasteiger partial charge in [0.1, 0.15) is 0 Å². The first-order chi connectivity index (χ1) is 6.65. The van der Waals surface area contributed by atoms with Gasteiger partial charge < -0.3 is 5.73 Å². The Morgan fingerprint density at radius 1 is 1.43 bits per heavy atom. The Balaban J connectivity index is 2.18. The van der Waals surface area contributed by atoms with Crippen LogP contribution in [0.1, 0.15) is 24.0 Å². The van der Waals surface area contributed by atoms with Crippen LogP contribution < -0.4 is 5.73 Å². The number of benzene rings is 1. The number of hydrogen-bond donors (Lipinski definition) is 1. The van der Waals surface area contributed by atoms with Gasteiger partial charge in [0.15, 0.2) is 0 Å². The molecule has 1 aliphatic rings. The fourth-order valence-corrected chi connectivity index (χ4v) is 2.06. The zero-order valence-corrected chi connectivity index (χ0v) is 9.84. The van der Waals surface area contributed by atoms with E-state index < -0.39 is 0 Å². The van der Waals surface area contributed by atoms with Gasteiger partial charge in [-0.05, 0) is 37.0 Å². The van der Waals surface area contributed by atoms with E-state index in [9.17, 15) is 0 Å². The molecule has 0 atom stereocenters. The molecule has 1 aliphatic carbocycles. The molecule has 1 aromatic carbocycles. The highest BCUT2D eigenvalue weighted by atomic mass is 79.9. The monoisotopic (exact) mass is 251 g/mol. The summed E-state index contributed by atoms with van der Waals surface area (Å²) in [6, 6.07) is 6.84. The van der Waals surface area contributed by atoms with Crippen molar-refractivity contribution < 1.29 is 0 Å². The average Bonchev–Trinajstić information content (AvgIpc) is 2.09. The summed E-state index contributed by atoms with van der Waals surface area (Å²) in [5.74, 6) is 0. The van der Waals surface area contributed by atoms with Crippen molar-refractivity contribution in [3.8, 4) is 0 Å². The Kier molecular flexibility index (Phi) is 2.75. The van der Waals surface area contributed by atoms with Crippen LogP contribution in [0.15, 0.2) is 28.2 Å². The lowest BCUT2D eigenvalue weighted by Crippen LogP contribution is -2.29. The summed E-state index contributed by atoms with van der Waals surface area (Å²) >= 11 is 3.53. The number of hydrogen-bond acceptors (Lipinski definition) is 1. The van der Waals surface area contributed by atoms with Gasteiger partial charge in [0.2, 0.25) is 0 Å². The molecular weight excluding hydrogens is 238 g/mol. The van der Waals surface area contributed by atoms with Gasteiger partial charge in [0.05, 0.1) is 0 Å². The Bertz CT molecular complexity index is 374. The summed E-state index contributed by atoms with van der Waals surface area (Å²) in [7, 11) is 0. The van der Waals surface area contributed by atoms with E-state index in [4.69, 9.17) is 5.73 Å². The molecule has 2 N–H and O–H groups in total. The minimum absolute atomic E-state index is 0.398. The van der Waals surface area contributed by atoms with E-state index in [0.29, 0.717) is 6.04 Å². The van der Waals surface area contributed by atoms with E-state index in [1.165, 1.54) is 21.2 Å². The highest BCUT2D eigenvalue weighted by Crippen LogP contribution is 2.28. The minimum Gasteiger partial charge on any atom is -0.327 e. The van der Waals surface area contributed by atoms with E-state index in [0.717, 1.165) is 12.8 Å². The number of nitrogens with two attached hydrogens (primary N) is 1. The van der Waals surface area contributed by atoms with Crippen LogP contribution in [0.2, 0.25) is 0 Å². The molecule has 0 radical (unpaired) electrons. The summed E-state index contributed by atoms with van der Waals surface area (Å²) in [6.45, 7) is 2.10. The van der Waals surface area contributed by atoms with E-state index >= 15 is 0 Å². The normalized spacial score (nSPS) is 20.5. The van der Waals surface area contributed by atoms with Crippen molar-refractivity contribution >= 4 is 22.0 Å². The van der Waals surface area contributed by atoms with Crippen molar-refractivity contribution in [2.75, 3.05) is 0 Å². The van der Waals surface area contributed by atoms with Gasteiger partial charge >= 0.3 is 0 Å². The number of rotatable bonds is 1. The molecule has 2 heteroatoms. The topological polar surface area (TPSA) is 26.0 Å². The van der Waals surface area contributed by atoms with Gasteiger partial charge in [-0.25, -0.2) is 0 Å². The molecule has 1 saturated carbocycles. The van der Waals surface area contributed by atoms with Crippen LogP contribution >= 0.6 is 15.9 Å². The second-order valence-corrected chi connectivity index (χ2v) is 4.83. The van der Waals surface area contributed by atoms with E-state index in [-0.39, 0.29) is 0 Å². The maximum atomic E-state index is 5.73. The van der Waals surface area contributed by atoms with Gasteiger partial charge in [0, 0.05) is 10.5 Å². The predicted octanol–water partition coefficient (Wildman–Crippen LogP) is 3.26. The standard InChI is InChI=1S/C12H14BrN/c1-8-2-3-9(7-12(8)13)4-10-5-11(14)6-10/h2-4,7,11H,5-6,14H2,1H3. The second-order valence-electron chi connectivity index (χ2n) is 3.98. The molecule has 0 aliphatic heterocycles. The van der Waals surface area contributed by atoms with Crippen molar-refractivity contribution in [1.29, 1.82) is 0 Å². The van der Waals surface area contributed by atoms with Crippen LogP contribution in [0, 0.1) is 6.92 Å². The summed E-state index contributed by atoms with van der Waals surface area (Å²) < 4.78 is 1.18. The van der Waals surface area contributed by atoms with Crippen LogP contribution in [0.4, 0.5) is 0 Å². The largest absolute Gasteiger partial charge is 0.327 e. The van der Waals surface area contributed by atoms with Crippen molar-refractivity contribution in [3.63, 3.8) is 0 Å². The van der Waals surface area contributed by atoms with Crippen molar-refractivity contribution in [1.82, 2.24) is 0 Å². The van der Waals surface area contributed by atoms with Crippen LogP contribution in [0.5, 0.6) is 0 Å². The average molecular weight is 252 g/mol. The predicted molar refractivity (Wildman–Crippen MR) is 64.1 cm³/mol. The molecule has 1 aromatic rings. The first-order valence-electron chi connectivity index (χ1n) is 4.86. The molecule has 2 rings (SSSR count). The lowest BCUT2D eigenvalue weighted by Gasteiger charge is -2.25. The van der Waals surface area contributed by atoms with Crippen LogP contribution in [0.25, 0.3) is 6.08 Å². The molecule has 0 aromatic heterocycles. The third-order valence-electron chi connectivity index (χ3n) is 2.62. The van der Waals surface area contributed by atoms with Gasteiger partial charge in [-0.15, -0.1) is 0 Å². The van der Waals surface area contributed by atoms with E-state index in [2.05, 4.69) is 47.1 Å². The highest BCUT2D eigenvalue weighted by Gasteiger charge is 2.18. The molecule has 0 bridgehead atoms. The van der Waals surface area contributed by atoms with Crippen LogP contribution in [0.3, 0.4) is 0 Å². The zero-order valence-electron chi connectivity index (χ0n) is 8.26. The van der Waals surface area contributed by atoms with Crippen molar-refractivity contribution in [3.05, 3.63) is 39.4 Å². The van der Waals surface area contributed by atoms with Gasteiger partial charge in [0.25, 0.3) is 0 Å². The Hall–Kier alpha value is -0.600. The second kappa shape index (κ2) is 3.87. The van der Waals surface area contributed by atoms with Gasteiger partial charge in [-0.2, -0.15) is 0 Å². The molecular formula is C12H14BrN. The summed E-state index contributed by atoms with van der Waals surface area (Å²) in [4.78, 5) is 0. The fourth-order valence-electron chi connectivity index (χ4n) is 1.67. The van der Waals surface area contributed by atoms with Crippen molar-refractivity contribution in [2.45, 2.75) is 25.8 Å². The van der Waals surface area contributed by atoms with E-state index in [1.54, 1.807) is 0 Å². The Morgan fingerprint density at radius 2 is 2.14 bits per heavy atom. The van der Waals surface area contributed by atoms with Gasteiger partial charge in [-0.3, -0.25) is 0 Å². The quantitative estimate of drug-likeness (QED) is 0.815. The highest BCUT2D eigenvalue weighted by molar-refractivity contribution is 9.10. The minimum atomic E-state index is 0.398. The molecule has 0 unspecified atom stereocenters. The molecule has 0 spiro atoms. The lowest BCUT2D eigenvalue weighted by molar-refractivity contribution is 0.547. The molecule has 0 amide bonds. The summed E-state index contributed by atoms with van der Waals surface area (Å²) in [5.41, 5.74) is 9.74. The Labute approximate surface area is 93.1 Å². The third kappa shape index (κ3) is 2.07. The van der Waals surface area contributed by atoms with Gasteiger partial charge in [-0.1, -0.05) is 39.7 Å². The molecule has 1 nitrogen and oxygen atoms in total. The molecule has 14 heavy (non-hydrogen) atoms. The molecule has 0 saturated heterocycles. The maximum absolute atomic E-state index is 5.73. The third-order valence-corrected chi connectivity index (χ3v) is 3.47. The molecule has 1 fully saturated rings.